The van der Waals surface area contributed by atoms with Crippen LogP contribution in [0.5, 0.6) is 0 Å². The summed E-state index contributed by atoms with van der Waals surface area (Å²) in [6.07, 6.45) is 15.7. The number of alkyl carbamates (subject to hydrolysis) is 1. The van der Waals surface area contributed by atoms with Crippen LogP contribution in [0.2, 0.25) is 0 Å². The maximum Gasteiger partial charge on any atom is 0.408 e. The van der Waals surface area contributed by atoms with E-state index >= 15 is 0 Å². The first-order chi connectivity index (χ1) is 15.2. The standard InChI is InChI=1S/C12H17NO4S.C7H15N.C6H12/c1-12(2,3)17-11(16)13-9(10(14)15)7-8-5-4-6-18-8;1-8-7-5-3-2-4-6-7;1-2-4-6-5-3-1/h4-6,9H,7H2,1-3H3,(H,13,16)(H,14,15);7-8H,2-6H2,1H3;1-6H2/t9-;;/m1../s1. The summed E-state index contributed by atoms with van der Waals surface area (Å²) >= 11 is 1.45. The number of amides is 1. The van der Waals surface area contributed by atoms with E-state index in [-0.39, 0.29) is 6.42 Å². The van der Waals surface area contributed by atoms with Gasteiger partial charge in [0.15, 0.2) is 0 Å². The second-order valence-corrected chi connectivity index (χ2v) is 10.6. The zero-order valence-electron chi connectivity index (χ0n) is 20.5. The van der Waals surface area contributed by atoms with Crippen LogP contribution in [0.4, 0.5) is 4.79 Å². The molecular formula is C25H44N2O4S. The summed E-state index contributed by atoms with van der Waals surface area (Å²) in [5, 5.41) is 16.6. The molecular weight excluding hydrogens is 424 g/mol. The van der Waals surface area contributed by atoms with Crippen molar-refractivity contribution in [2.24, 2.45) is 0 Å². The maximum absolute atomic E-state index is 11.5. The highest BCUT2D eigenvalue weighted by Gasteiger charge is 2.24. The van der Waals surface area contributed by atoms with Crippen molar-refractivity contribution in [2.45, 2.75) is 116 Å². The third-order valence-corrected chi connectivity index (χ3v) is 6.39. The van der Waals surface area contributed by atoms with Crippen LogP contribution in [0.1, 0.15) is 96.3 Å². The molecule has 1 heterocycles. The summed E-state index contributed by atoms with van der Waals surface area (Å²) in [5.41, 5.74) is -0.643. The van der Waals surface area contributed by atoms with Gasteiger partial charge in [-0.2, -0.15) is 0 Å². The average Bonchev–Trinajstić information content (AvgIpc) is 3.28. The van der Waals surface area contributed by atoms with Gasteiger partial charge in [-0.25, -0.2) is 9.59 Å². The summed E-state index contributed by atoms with van der Waals surface area (Å²) in [4.78, 5) is 23.5. The number of ether oxygens (including phenoxy) is 1. The monoisotopic (exact) mass is 468 g/mol. The smallest absolute Gasteiger partial charge is 0.408 e. The molecule has 3 N–H and O–H groups in total. The largest absolute Gasteiger partial charge is 0.480 e. The zero-order valence-corrected chi connectivity index (χ0v) is 21.3. The van der Waals surface area contributed by atoms with E-state index in [0.717, 1.165) is 10.9 Å². The SMILES string of the molecule is C1CCCCC1.CC(C)(C)OC(=O)N[C@H](Cc1cccs1)C(=O)O.CNC1CCCCC1. The normalized spacial score (nSPS) is 17.6. The van der Waals surface area contributed by atoms with Gasteiger partial charge in [0, 0.05) is 17.3 Å². The zero-order chi connectivity index (χ0) is 23.8. The van der Waals surface area contributed by atoms with Crippen molar-refractivity contribution in [3.8, 4) is 0 Å². The third-order valence-electron chi connectivity index (χ3n) is 5.49. The topological polar surface area (TPSA) is 87.7 Å². The van der Waals surface area contributed by atoms with Crippen molar-refractivity contribution >= 4 is 23.4 Å². The molecule has 2 aliphatic carbocycles. The molecule has 1 atom stereocenters. The van der Waals surface area contributed by atoms with Crippen LogP contribution in [0, 0.1) is 0 Å². The van der Waals surface area contributed by atoms with E-state index in [9.17, 15) is 9.59 Å². The number of carboxylic acid groups (broad SMARTS) is 1. The summed E-state index contributed by atoms with van der Waals surface area (Å²) < 4.78 is 5.03. The summed E-state index contributed by atoms with van der Waals surface area (Å²) in [6.45, 7) is 5.17. The molecule has 6 nitrogen and oxygen atoms in total. The van der Waals surface area contributed by atoms with Crippen molar-refractivity contribution in [2.75, 3.05) is 7.05 Å². The first-order valence-electron chi connectivity index (χ1n) is 12.1. The third kappa shape index (κ3) is 14.5. The van der Waals surface area contributed by atoms with Crippen molar-refractivity contribution < 1.29 is 19.4 Å². The molecule has 2 saturated carbocycles. The van der Waals surface area contributed by atoms with E-state index in [1.54, 1.807) is 20.8 Å². The highest BCUT2D eigenvalue weighted by molar-refractivity contribution is 7.09. The highest BCUT2D eigenvalue weighted by Crippen LogP contribution is 2.17. The molecule has 0 unspecified atom stereocenters. The fourth-order valence-electron chi connectivity index (χ4n) is 3.73. The number of hydrogen-bond acceptors (Lipinski definition) is 5. The number of aliphatic carboxylic acids is 1. The number of nitrogens with one attached hydrogen (secondary N) is 2. The molecule has 0 bridgehead atoms. The van der Waals surface area contributed by atoms with Crippen LogP contribution in [0.3, 0.4) is 0 Å². The Bertz CT molecular complexity index is 607. The van der Waals surface area contributed by atoms with E-state index in [1.165, 1.54) is 82.0 Å². The van der Waals surface area contributed by atoms with Crippen molar-refractivity contribution in [1.29, 1.82) is 0 Å². The van der Waals surface area contributed by atoms with Crippen LogP contribution in [-0.2, 0) is 16.0 Å². The Morgan fingerprint density at radius 3 is 1.97 bits per heavy atom. The van der Waals surface area contributed by atoms with E-state index in [4.69, 9.17) is 9.84 Å². The van der Waals surface area contributed by atoms with Crippen LogP contribution in [0.15, 0.2) is 17.5 Å². The predicted octanol–water partition coefficient (Wildman–Crippen LogP) is 6.15. The minimum atomic E-state index is -1.07. The fraction of sp³-hybridized carbons (Fsp3) is 0.760. The van der Waals surface area contributed by atoms with Crippen molar-refractivity contribution in [3.63, 3.8) is 0 Å². The molecule has 32 heavy (non-hydrogen) atoms. The van der Waals surface area contributed by atoms with Crippen LogP contribution in [-0.4, -0.2) is 41.9 Å². The first kappa shape index (κ1) is 28.4. The lowest BCUT2D eigenvalue weighted by molar-refractivity contribution is -0.139. The van der Waals surface area contributed by atoms with Gasteiger partial charge < -0.3 is 20.5 Å². The number of thiophene rings is 1. The van der Waals surface area contributed by atoms with Gasteiger partial charge in [-0.1, -0.05) is 63.9 Å². The molecule has 2 aliphatic rings. The van der Waals surface area contributed by atoms with E-state index < -0.39 is 23.7 Å². The van der Waals surface area contributed by atoms with E-state index in [0.29, 0.717) is 0 Å². The second kappa shape index (κ2) is 16.1. The van der Waals surface area contributed by atoms with E-state index in [2.05, 4.69) is 17.7 Å². The number of carbonyl (C=O) groups excluding carboxylic acids is 1. The molecule has 1 amide bonds. The molecule has 3 rings (SSSR count). The molecule has 0 spiro atoms. The van der Waals surface area contributed by atoms with Crippen LogP contribution < -0.4 is 10.6 Å². The Balaban J connectivity index is 0.000000296. The van der Waals surface area contributed by atoms with Gasteiger partial charge in [-0.3, -0.25) is 0 Å². The molecule has 1 aromatic rings. The Hall–Kier alpha value is -1.60. The molecule has 7 heteroatoms. The minimum Gasteiger partial charge on any atom is -0.480 e. The van der Waals surface area contributed by atoms with Crippen LogP contribution in [0.25, 0.3) is 0 Å². The van der Waals surface area contributed by atoms with Crippen molar-refractivity contribution in [3.05, 3.63) is 22.4 Å². The molecule has 0 aromatic carbocycles. The summed E-state index contributed by atoms with van der Waals surface area (Å²) in [6, 6.07) is 3.53. The maximum atomic E-state index is 11.5. The lowest BCUT2D eigenvalue weighted by Crippen LogP contribution is -2.44. The molecule has 2 fully saturated rings. The quantitative estimate of drug-likeness (QED) is 0.482. The summed E-state index contributed by atoms with van der Waals surface area (Å²) in [5.74, 6) is -1.07. The minimum absolute atomic E-state index is 0.256. The van der Waals surface area contributed by atoms with Crippen LogP contribution >= 0.6 is 11.3 Å². The molecule has 0 saturated heterocycles. The van der Waals surface area contributed by atoms with Gasteiger partial charge in [0.05, 0.1) is 0 Å². The lowest BCUT2D eigenvalue weighted by atomic mass is 9.96. The second-order valence-electron chi connectivity index (χ2n) is 9.57. The van der Waals surface area contributed by atoms with Gasteiger partial charge in [-0.15, -0.1) is 11.3 Å². The van der Waals surface area contributed by atoms with Crippen molar-refractivity contribution in [1.82, 2.24) is 10.6 Å². The Morgan fingerprint density at radius 2 is 1.59 bits per heavy atom. The predicted molar refractivity (Wildman–Crippen MR) is 132 cm³/mol. The lowest BCUT2D eigenvalue weighted by Gasteiger charge is -2.21. The number of carboxylic acids is 1. The van der Waals surface area contributed by atoms with Gasteiger partial charge in [0.2, 0.25) is 0 Å². The highest BCUT2D eigenvalue weighted by atomic mass is 32.1. The Labute approximate surface area is 198 Å². The van der Waals surface area contributed by atoms with Gasteiger partial charge in [0.25, 0.3) is 0 Å². The molecule has 1 aromatic heterocycles. The molecule has 0 radical (unpaired) electrons. The average molecular weight is 469 g/mol. The first-order valence-corrected chi connectivity index (χ1v) is 13.0. The Morgan fingerprint density at radius 1 is 1.06 bits per heavy atom. The number of rotatable bonds is 5. The van der Waals surface area contributed by atoms with Gasteiger partial charge in [-0.05, 0) is 52.1 Å². The number of carbonyl (C=O) groups is 2. The molecule has 184 valence electrons. The molecule has 0 aliphatic heterocycles. The number of hydrogen-bond donors (Lipinski definition) is 3. The van der Waals surface area contributed by atoms with E-state index in [1.807, 2.05) is 17.5 Å². The van der Waals surface area contributed by atoms with Gasteiger partial charge in [0.1, 0.15) is 11.6 Å². The fourth-order valence-corrected chi connectivity index (χ4v) is 4.48. The van der Waals surface area contributed by atoms with Gasteiger partial charge >= 0.3 is 12.1 Å². The summed E-state index contributed by atoms with van der Waals surface area (Å²) in [7, 11) is 2.07. The Kier molecular flexibility index (Phi) is 14.3.